The van der Waals surface area contributed by atoms with Gasteiger partial charge in [0.05, 0.1) is 6.34 Å². The molecule has 1 aliphatic rings. The monoisotopic (exact) mass is 207 g/mol. The number of hydrogen-bond acceptors (Lipinski definition) is 3. The zero-order valence-electron chi connectivity index (χ0n) is 8.54. The fourth-order valence-corrected chi connectivity index (χ4v) is 0.959. The van der Waals surface area contributed by atoms with Crippen LogP contribution in [0.2, 0.25) is 0 Å². The van der Waals surface area contributed by atoms with E-state index in [0.717, 1.165) is 12.8 Å². The molecule has 0 atom stereocenters. The van der Waals surface area contributed by atoms with Crippen molar-refractivity contribution in [3.63, 3.8) is 0 Å². The third kappa shape index (κ3) is 3.79. The third-order valence-electron chi connectivity index (χ3n) is 1.77. The lowest BCUT2D eigenvalue weighted by Crippen LogP contribution is -2.21. The fourth-order valence-electron chi connectivity index (χ4n) is 0.959. The Morgan fingerprint density at radius 2 is 2.53 bits per heavy atom. The molecule has 0 bridgehead atoms. The maximum atomic E-state index is 11.2. The van der Waals surface area contributed by atoms with Crippen LogP contribution in [-0.2, 0) is 9.59 Å². The molecule has 0 aromatic heterocycles. The van der Waals surface area contributed by atoms with E-state index in [4.69, 9.17) is 0 Å². The summed E-state index contributed by atoms with van der Waals surface area (Å²) in [5.41, 5.74) is 2.65. The highest BCUT2D eigenvalue weighted by Gasteiger charge is 2.10. The van der Waals surface area contributed by atoms with Crippen molar-refractivity contribution in [3.8, 4) is 0 Å². The number of aliphatic imine (C=N–C) groups is 1. The van der Waals surface area contributed by atoms with Gasteiger partial charge in [0.2, 0.25) is 0 Å². The molecule has 80 valence electrons. The standard InChI is InChI=1S/C10H13N3O2/c1-2-3-6-11-9(14)5-4-8-10(15)13-7-12-8/h5,7H,2-3,6H2,1H3,(H,11,14)(H,12,13,15). The van der Waals surface area contributed by atoms with Crippen molar-refractivity contribution in [2.75, 3.05) is 6.54 Å². The molecule has 1 heterocycles. The number of rotatable bonds is 4. The lowest BCUT2D eigenvalue weighted by atomic mass is 10.3. The summed E-state index contributed by atoms with van der Waals surface area (Å²) in [6.07, 6.45) is 4.42. The van der Waals surface area contributed by atoms with Crippen molar-refractivity contribution in [2.45, 2.75) is 19.8 Å². The summed E-state index contributed by atoms with van der Waals surface area (Å²) in [6.45, 7) is 2.68. The van der Waals surface area contributed by atoms with Gasteiger partial charge in [-0.1, -0.05) is 19.1 Å². The molecule has 5 nitrogen and oxygen atoms in total. The summed E-state index contributed by atoms with van der Waals surface area (Å²) >= 11 is 0. The molecule has 0 saturated heterocycles. The van der Waals surface area contributed by atoms with E-state index in [0.29, 0.717) is 6.54 Å². The van der Waals surface area contributed by atoms with Crippen LogP contribution in [0.5, 0.6) is 0 Å². The van der Waals surface area contributed by atoms with Crippen molar-refractivity contribution in [1.29, 1.82) is 0 Å². The Kier molecular flexibility index (Phi) is 4.31. The second-order valence-corrected chi connectivity index (χ2v) is 3.01. The minimum Gasteiger partial charge on any atom is -0.352 e. The van der Waals surface area contributed by atoms with E-state index in [-0.39, 0.29) is 17.5 Å². The van der Waals surface area contributed by atoms with E-state index in [9.17, 15) is 9.59 Å². The molecule has 0 aliphatic carbocycles. The zero-order valence-corrected chi connectivity index (χ0v) is 8.54. The lowest BCUT2D eigenvalue weighted by molar-refractivity contribution is -0.116. The van der Waals surface area contributed by atoms with E-state index >= 15 is 0 Å². The van der Waals surface area contributed by atoms with Crippen LogP contribution < -0.4 is 10.6 Å². The van der Waals surface area contributed by atoms with Gasteiger partial charge < -0.3 is 10.6 Å². The maximum Gasteiger partial charge on any atom is 0.283 e. The second kappa shape index (κ2) is 5.78. The molecule has 15 heavy (non-hydrogen) atoms. The van der Waals surface area contributed by atoms with Crippen LogP contribution in [0.1, 0.15) is 19.8 Å². The molecule has 1 aliphatic heterocycles. The predicted molar refractivity (Wildman–Crippen MR) is 56.1 cm³/mol. The van der Waals surface area contributed by atoms with Gasteiger partial charge in [-0.2, -0.15) is 0 Å². The van der Waals surface area contributed by atoms with Crippen LogP contribution >= 0.6 is 0 Å². The van der Waals surface area contributed by atoms with Gasteiger partial charge in [-0.3, -0.25) is 9.59 Å². The Hall–Kier alpha value is -1.87. The number of nitrogens with one attached hydrogen (secondary N) is 2. The zero-order chi connectivity index (χ0) is 11.1. The van der Waals surface area contributed by atoms with E-state index < -0.39 is 0 Å². The summed E-state index contributed by atoms with van der Waals surface area (Å²) in [7, 11) is 0. The molecule has 0 fully saturated rings. The Morgan fingerprint density at radius 1 is 1.73 bits per heavy atom. The van der Waals surface area contributed by atoms with Gasteiger partial charge in [0.25, 0.3) is 11.8 Å². The largest absolute Gasteiger partial charge is 0.352 e. The number of hydrogen-bond donors (Lipinski definition) is 2. The van der Waals surface area contributed by atoms with Crippen LogP contribution in [0.3, 0.4) is 0 Å². The second-order valence-electron chi connectivity index (χ2n) is 3.01. The fraction of sp³-hybridized carbons (Fsp3) is 0.400. The smallest absolute Gasteiger partial charge is 0.283 e. The summed E-state index contributed by atoms with van der Waals surface area (Å²) < 4.78 is 0. The van der Waals surface area contributed by atoms with Gasteiger partial charge in [-0.15, -0.1) is 0 Å². The first-order valence-electron chi connectivity index (χ1n) is 4.82. The van der Waals surface area contributed by atoms with Crippen LogP contribution in [0.25, 0.3) is 0 Å². The SMILES string of the molecule is CCCCNC(=O)C=C=C1N=CNC1=O. The maximum absolute atomic E-state index is 11.2. The summed E-state index contributed by atoms with van der Waals surface area (Å²) in [4.78, 5) is 25.8. The number of amides is 2. The Bertz CT molecular complexity index is 352. The number of carbonyl (C=O) groups is 2. The summed E-state index contributed by atoms with van der Waals surface area (Å²) in [5, 5.41) is 5.03. The van der Waals surface area contributed by atoms with Gasteiger partial charge in [0.15, 0.2) is 5.70 Å². The van der Waals surface area contributed by atoms with Gasteiger partial charge in [0, 0.05) is 12.6 Å². The molecule has 0 spiro atoms. The van der Waals surface area contributed by atoms with Crippen molar-refractivity contribution < 1.29 is 9.59 Å². The van der Waals surface area contributed by atoms with Gasteiger partial charge in [-0.05, 0) is 6.42 Å². The van der Waals surface area contributed by atoms with E-state index in [1.54, 1.807) is 0 Å². The van der Waals surface area contributed by atoms with Gasteiger partial charge in [-0.25, -0.2) is 4.99 Å². The minimum absolute atomic E-state index is 0.126. The van der Waals surface area contributed by atoms with Crippen LogP contribution in [-0.4, -0.2) is 24.7 Å². The highest BCUT2D eigenvalue weighted by atomic mass is 16.2. The average molecular weight is 207 g/mol. The molecule has 0 aromatic rings. The van der Waals surface area contributed by atoms with Crippen molar-refractivity contribution in [1.82, 2.24) is 10.6 Å². The first-order chi connectivity index (χ1) is 7.24. The highest BCUT2D eigenvalue weighted by molar-refractivity contribution is 6.05. The Morgan fingerprint density at radius 3 is 3.13 bits per heavy atom. The van der Waals surface area contributed by atoms with Gasteiger partial charge >= 0.3 is 0 Å². The molecule has 2 amide bonds. The third-order valence-corrected chi connectivity index (χ3v) is 1.77. The molecule has 0 aromatic carbocycles. The minimum atomic E-state index is -0.340. The molecule has 0 unspecified atom stereocenters. The Balaban J connectivity index is 2.46. The van der Waals surface area contributed by atoms with E-state index in [1.807, 2.05) is 6.92 Å². The number of unbranched alkanes of at least 4 members (excludes halogenated alkanes) is 1. The molecule has 0 saturated carbocycles. The van der Waals surface area contributed by atoms with Crippen LogP contribution in [0.15, 0.2) is 22.5 Å². The van der Waals surface area contributed by atoms with Crippen molar-refractivity contribution in [2.24, 2.45) is 4.99 Å². The molecule has 0 radical (unpaired) electrons. The van der Waals surface area contributed by atoms with E-state index in [1.165, 1.54) is 12.4 Å². The lowest BCUT2D eigenvalue weighted by Gasteiger charge is -1.97. The van der Waals surface area contributed by atoms with Crippen molar-refractivity contribution >= 4 is 18.2 Å². The highest BCUT2D eigenvalue weighted by Crippen LogP contribution is 1.97. The topological polar surface area (TPSA) is 70.6 Å². The molecule has 2 N–H and O–H groups in total. The predicted octanol–water partition coefficient (Wildman–Crippen LogP) is 0.0998. The first-order valence-corrected chi connectivity index (χ1v) is 4.82. The van der Waals surface area contributed by atoms with Crippen LogP contribution in [0, 0.1) is 0 Å². The quantitative estimate of drug-likeness (QED) is 0.390. The molecule has 1 rings (SSSR count). The molecular formula is C10H13N3O2. The number of carbonyl (C=O) groups excluding carboxylic acids is 2. The van der Waals surface area contributed by atoms with E-state index in [2.05, 4.69) is 21.4 Å². The normalized spacial score (nSPS) is 13.4. The van der Waals surface area contributed by atoms with Gasteiger partial charge in [0.1, 0.15) is 0 Å². The Labute approximate surface area is 88.0 Å². The average Bonchev–Trinajstić information content (AvgIpc) is 2.61. The number of nitrogens with zero attached hydrogens (tertiary/aromatic N) is 1. The summed E-state index contributed by atoms with van der Waals surface area (Å²) in [6, 6.07) is 0. The molecular weight excluding hydrogens is 194 g/mol. The summed E-state index contributed by atoms with van der Waals surface area (Å²) in [5.74, 6) is -0.599. The van der Waals surface area contributed by atoms with Crippen LogP contribution in [0.4, 0.5) is 0 Å². The first kappa shape index (κ1) is 11.2. The molecule has 5 heteroatoms. The van der Waals surface area contributed by atoms with Crippen molar-refractivity contribution in [3.05, 3.63) is 17.5 Å².